The Bertz CT molecular complexity index is 492. The average molecular weight is 296 g/mol. The van der Waals surface area contributed by atoms with Crippen LogP contribution in [0.15, 0.2) is 30.3 Å². The number of hydrogen-bond acceptors (Lipinski definition) is 0. The van der Waals surface area contributed by atoms with Crippen molar-refractivity contribution in [2.75, 3.05) is 0 Å². The molecule has 0 heterocycles. The Balaban J connectivity index is 1.66. The zero-order valence-corrected chi connectivity index (χ0v) is 15.2. The van der Waals surface area contributed by atoms with Gasteiger partial charge in [-0.3, -0.25) is 0 Å². The lowest BCUT2D eigenvalue weighted by Gasteiger charge is -2.62. The molecule has 0 nitrogen and oxygen atoms in total. The van der Waals surface area contributed by atoms with Crippen LogP contribution in [-0.4, -0.2) is 7.28 Å². The Morgan fingerprint density at radius 1 is 1.18 bits per heavy atom. The summed E-state index contributed by atoms with van der Waals surface area (Å²) in [6.07, 6.45) is 4.26. The summed E-state index contributed by atoms with van der Waals surface area (Å²) in [6.45, 7) is 12.4. The van der Waals surface area contributed by atoms with Crippen LogP contribution < -0.4 is 0 Å². The molecule has 1 heteroatoms. The second kappa shape index (κ2) is 6.06. The van der Waals surface area contributed by atoms with Crippen LogP contribution in [0.3, 0.4) is 0 Å². The Labute approximate surface area is 138 Å². The van der Waals surface area contributed by atoms with Crippen LogP contribution in [0, 0.1) is 23.2 Å². The maximum Gasteiger partial charge on any atom is 0.128 e. The van der Waals surface area contributed by atoms with E-state index in [1.807, 2.05) is 0 Å². The van der Waals surface area contributed by atoms with Crippen LogP contribution in [0.2, 0.25) is 11.6 Å². The van der Waals surface area contributed by atoms with Gasteiger partial charge in [0.25, 0.3) is 0 Å². The summed E-state index contributed by atoms with van der Waals surface area (Å²) in [4.78, 5) is 0. The Hall–Kier alpha value is -0.715. The van der Waals surface area contributed by atoms with Crippen LogP contribution >= 0.6 is 0 Å². The van der Waals surface area contributed by atoms with Gasteiger partial charge in [0.1, 0.15) is 7.28 Å². The molecular weight excluding hydrogens is 263 g/mol. The zero-order valence-electron chi connectivity index (χ0n) is 15.2. The SMILES string of the molecule is CCC(c1ccccc1)C(C)B[C@@H]1CC2CC([C@H]1C)C2(C)C. The van der Waals surface area contributed by atoms with E-state index >= 15 is 0 Å². The smallest absolute Gasteiger partial charge is 0.0688 e. The van der Waals surface area contributed by atoms with Crippen molar-refractivity contribution in [2.45, 2.75) is 71.4 Å². The second-order valence-electron chi connectivity index (χ2n) is 8.85. The number of hydrogen-bond donors (Lipinski definition) is 0. The molecule has 3 aliphatic rings. The van der Waals surface area contributed by atoms with E-state index in [2.05, 4.69) is 65.0 Å². The highest BCUT2D eigenvalue weighted by Gasteiger charge is 2.56. The summed E-state index contributed by atoms with van der Waals surface area (Å²) >= 11 is 0. The van der Waals surface area contributed by atoms with Gasteiger partial charge in [0, 0.05) is 0 Å². The molecule has 3 saturated carbocycles. The van der Waals surface area contributed by atoms with Gasteiger partial charge in [-0.05, 0) is 47.5 Å². The molecule has 0 N–H and O–H groups in total. The van der Waals surface area contributed by atoms with Gasteiger partial charge in [-0.2, -0.15) is 0 Å². The minimum atomic E-state index is 0.628. The van der Waals surface area contributed by atoms with Crippen molar-refractivity contribution in [1.82, 2.24) is 0 Å². The number of rotatable bonds is 5. The average Bonchev–Trinajstić information content (AvgIpc) is 2.50. The van der Waals surface area contributed by atoms with Crippen molar-refractivity contribution < 1.29 is 0 Å². The lowest BCUT2D eigenvalue weighted by atomic mass is 9.35. The third kappa shape index (κ3) is 2.65. The number of benzene rings is 1. The molecule has 0 radical (unpaired) electrons. The summed E-state index contributed by atoms with van der Waals surface area (Å²) in [6, 6.07) is 11.2. The van der Waals surface area contributed by atoms with Gasteiger partial charge in [-0.1, -0.05) is 83.0 Å². The monoisotopic (exact) mass is 296 g/mol. The molecule has 6 atom stereocenters. The summed E-state index contributed by atoms with van der Waals surface area (Å²) in [7, 11) is 1.43. The quantitative estimate of drug-likeness (QED) is 0.592. The molecule has 0 amide bonds. The van der Waals surface area contributed by atoms with Gasteiger partial charge in [0.15, 0.2) is 0 Å². The maximum absolute atomic E-state index is 2.54. The summed E-state index contributed by atoms with van der Waals surface area (Å²) < 4.78 is 0. The number of fused-ring (bicyclic) bond motifs is 2. The van der Waals surface area contributed by atoms with Crippen LogP contribution in [-0.2, 0) is 0 Å². The van der Waals surface area contributed by atoms with Crippen LogP contribution in [0.1, 0.15) is 65.4 Å². The van der Waals surface area contributed by atoms with E-state index in [1.165, 1.54) is 26.5 Å². The maximum atomic E-state index is 2.54. The first-order chi connectivity index (χ1) is 10.4. The molecule has 1 aromatic rings. The van der Waals surface area contributed by atoms with E-state index in [0.717, 1.165) is 35.3 Å². The molecule has 0 aliphatic heterocycles. The first-order valence-electron chi connectivity index (χ1n) is 9.50. The molecule has 1 aromatic carbocycles. The van der Waals surface area contributed by atoms with E-state index in [9.17, 15) is 0 Å². The molecule has 0 spiro atoms. The van der Waals surface area contributed by atoms with E-state index < -0.39 is 0 Å². The highest BCUT2D eigenvalue weighted by atomic mass is 14.6. The van der Waals surface area contributed by atoms with Gasteiger partial charge < -0.3 is 0 Å². The molecule has 120 valence electrons. The van der Waals surface area contributed by atoms with Gasteiger partial charge in [0.2, 0.25) is 0 Å². The van der Waals surface area contributed by atoms with E-state index in [4.69, 9.17) is 0 Å². The second-order valence-corrected chi connectivity index (χ2v) is 8.85. The van der Waals surface area contributed by atoms with Gasteiger partial charge in [0.05, 0.1) is 0 Å². The Kier molecular flexibility index (Phi) is 4.45. The normalized spacial score (nSPS) is 35.3. The van der Waals surface area contributed by atoms with Crippen molar-refractivity contribution >= 4 is 7.28 Å². The predicted molar refractivity (Wildman–Crippen MR) is 99.0 cm³/mol. The third-order valence-electron chi connectivity index (χ3n) is 7.54. The first kappa shape index (κ1) is 16.2. The van der Waals surface area contributed by atoms with Crippen molar-refractivity contribution in [2.24, 2.45) is 23.2 Å². The lowest BCUT2D eigenvalue weighted by molar-refractivity contribution is -0.0987. The molecule has 22 heavy (non-hydrogen) atoms. The molecule has 3 fully saturated rings. The Morgan fingerprint density at radius 2 is 1.86 bits per heavy atom. The fourth-order valence-electron chi connectivity index (χ4n) is 5.88. The van der Waals surface area contributed by atoms with Crippen molar-refractivity contribution in [3.05, 3.63) is 35.9 Å². The van der Waals surface area contributed by atoms with Crippen LogP contribution in [0.25, 0.3) is 0 Å². The van der Waals surface area contributed by atoms with Gasteiger partial charge in [-0.25, -0.2) is 0 Å². The molecule has 4 rings (SSSR count). The highest BCUT2D eigenvalue weighted by Crippen LogP contribution is 2.64. The predicted octanol–water partition coefficient (Wildman–Crippen LogP) is 5.92. The Morgan fingerprint density at radius 3 is 2.41 bits per heavy atom. The first-order valence-corrected chi connectivity index (χ1v) is 9.50. The van der Waals surface area contributed by atoms with E-state index in [0.29, 0.717) is 5.41 Å². The van der Waals surface area contributed by atoms with E-state index in [1.54, 1.807) is 5.56 Å². The van der Waals surface area contributed by atoms with Crippen LogP contribution in [0.5, 0.6) is 0 Å². The molecule has 0 aromatic heterocycles. The van der Waals surface area contributed by atoms with Gasteiger partial charge in [-0.15, -0.1) is 0 Å². The minimum Gasteiger partial charge on any atom is -0.0688 e. The lowest BCUT2D eigenvalue weighted by Crippen LogP contribution is -2.54. The molecule has 4 unspecified atom stereocenters. The van der Waals surface area contributed by atoms with Gasteiger partial charge >= 0.3 is 0 Å². The third-order valence-corrected chi connectivity index (χ3v) is 7.54. The molecule has 2 bridgehead atoms. The minimum absolute atomic E-state index is 0.628. The fraction of sp³-hybridized carbons (Fsp3) is 0.714. The molecular formula is C21H33B. The largest absolute Gasteiger partial charge is 0.128 e. The van der Waals surface area contributed by atoms with E-state index in [-0.39, 0.29) is 0 Å². The summed E-state index contributed by atoms with van der Waals surface area (Å²) in [5.74, 6) is 5.42. The highest BCUT2D eigenvalue weighted by molar-refractivity contribution is 6.40. The fourth-order valence-corrected chi connectivity index (χ4v) is 5.88. The molecule has 0 saturated heterocycles. The van der Waals surface area contributed by atoms with Crippen molar-refractivity contribution in [3.63, 3.8) is 0 Å². The van der Waals surface area contributed by atoms with Crippen molar-refractivity contribution in [3.8, 4) is 0 Å². The standard InChI is InChI=1S/C21H33B/c1-6-18(16-10-8-7-9-11-16)15(3)22-20-13-17-12-19(14(20)2)21(17,4)5/h7-11,14-15,17-20,22H,6,12-13H2,1-5H3/t14-,15?,17?,18?,19?,20-/m1/s1. The summed E-state index contributed by atoms with van der Waals surface area (Å²) in [5, 5.41) is 0. The van der Waals surface area contributed by atoms with Crippen LogP contribution in [0.4, 0.5) is 0 Å². The topological polar surface area (TPSA) is 0 Å². The molecule has 3 aliphatic carbocycles. The zero-order chi connectivity index (χ0) is 15.9. The van der Waals surface area contributed by atoms with Crippen molar-refractivity contribution in [1.29, 1.82) is 0 Å². The summed E-state index contributed by atoms with van der Waals surface area (Å²) in [5.41, 5.74) is 2.18.